The smallest absolute Gasteiger partial charge is 0.203 e. The molecule has 0 aromatic carbocycles. The van der Waals surface area contributed by atoms with Crippen molar-refractivity contribution in [3.63, 3.8) is 0 Å². The second kappa shape index (κ2) is 3.64. The van der Waals surface area contributed by atoms with Crippen LogP contribution in [0.25, 0.3) is 0 Å². The maximum Gasteiger partial charge on any atom is 0.511 e. The van der Waals surface area contributed by atoms with Gasteiger partial charge in [0, 0.05) is 0 Å². The number of halogens is 3. The lowest BCUT2D eigenvalue weighted by Gasteiger charge is -2.27. The summed E-state index contributed by atoms with van der Waals surface area (Å²) in [5.41, 5.74) is -6.48. The van der Waals surface area contributed by atoms with E-state index in [1.54, 1.807) is 16.9 Å². The maximum absolute atomic E-state index is 12.1. The minimum absolute atomic E-state index is 0.193. The highest BCUT2D eigenvalue weighted by molar-refractivity contribution is 7.90. The van der Waals surface area contributed by atoms with Crippen LogP contribution in [0.2, 0.25) is 0 Å². The molecule has 0 radical (unpaired) electrons. The average molecular weight is 241 g/mol. The summed E-state index contributed by atoms with van der Waals surface area (Å²) in [6, 6.07) is 0. The van der Waals surface area contributed by atoms with Crippen LogP contribution in [0, 0.1) is 0 Å². The first kappa shape index (κ1) is 12.3. The van der Waals surface area contributed by atoms with Gasteiger partial charge in [0.2, 0.25) is 0 Å². The Morgan fingerprint density at radius 1 is 1.33 bits per heavy atom. The number of alkyl halides is 3. The van der Waals surface area contributed by atoms with Crippen LogP contribution in [0.5, 0.6) is 0 Å². The standard InChI is InChI=1S/C8H10F3NO2S/c1-7(5-3-2-4-6-7)12-15(13,14)8(9,10)11/h2-5,12H,6H2,1H3. The van der Waals surface area contributed by atoms with Gasteiger partial charge in [-0.2, -0.15) is 17.9 Å². The van der Waals surface area contributed by atoms with E-state index < -0.39 is 21.1 Å². The molecule has 0 bridgehead atoms. The molecule has 7 heteroatoms. The second-order valence-corrected chi connectivity index (χ2v) is 5.13. The maximum atomic E-state index is 12.1. The van der Waals surface area contributed by atoms with Crippen molar-refractivity contribution in [3.05, 3.63) is 24.3 Å². The fourth-order valence-corrected chi connectivity index (χ4v) is 2.05. The number of rotatable bonds is 2. The Morgan fingerprint density at radius 2 is 1.93 bits per heavy atom. The molecule has 3 nitrogen and oxygen atoms in total. The Balaban J connectivity index is 2.88. The van der Waals surface area contributed by atoms with Gasteiger partial charge in [0.25, 0.3) is 0 Å². The molecule has 0 aliphatic heterocycles. The summed E-state index contributed by atoms with van der Waals surface area (Å²) < 4.78 is 59.5. The summed E-state index contributed by atoms with van der Waals surface area (Å²) in [6.45, 7) is 1.39. The highest BCUT2D eigenvalue weighted by atomic mass is 32.2. The van der Waals surface area contributed by atoms with E-state index in [9.17, 15) is 21.6 Å². The normalized spacial score (nSPS) is 26.9. The van der Waals surface area contributed by atoms with Crippen LogP contribution < -0.4 is 4.72 Å². The monoisotopic (exact) mass is 241 g/mol. The molecule has 1 aliphatic rings. The Kier molecular flexibility index (Phi) is 2.97. The van der Waals surface area contributed by atoms with Gasteiger partial charge in [-0.1, -0.05) is 24.3 Å². The van der Waals surface area contributed by atoms with Crippen LogP contribution in [-0.2, 0) is 10.0 Å². The van der Waals surface area contributed by atoms with Crippen molar-refractivity contribution < 1.29 is 21.6 Å². The zero-order valence-electron chi connectivity index (χ0n) is 7.88. The first-order valence-corrected chi connectivity index (χ1v) is 5.59. The SMILES string of the molecule is CC1(NS(=O)(=O)C(F)(F)F)C=CC=CC1. The molecular formula is C8H10F3NO2S. The molecule has 1 atom stereocenters. The van der Waals surface area contributed by atoms with Crippen molar-refractivity contribution in [2.24, 2.45) is 0 Å². The van der Waals surface area contributed by atoms with Crippen molar-refractivity contribution in [1.29, 1.82) is 0 Å². The van der Waals surface area contributed by atoms with Crippen molar-refractivity contribution >= 4 is 10.0 Å². The molecule has 0 heterocycles. The Morgan fingerprint density at radius 3 is 2.33 bits per heavy atom. The molecule has 1 unspecified atom stereocenters. The zero-order valence-corrected chi connectivity index (χ0v) is 8.69. The third-order valence-electron chi connectivity index (χ3n) is 1.93. The van der Waals surface area contributed by atoms with E-state index in [4.69, 9.17) is 0 Å². The molecule has 0 aromatic rings. The van der Waals surface area contributed by atoms with Gasteiger partial charge in [-0.3, -0.25) is 0 Å². The van der Waals surface area contributed by atoms with Crippen LogP contribution in [-0.4, -0.2) is 19.5 Å². The molecule has 1 rings (SSSR count). The van der Waals surface area contributed by atoms with Crippen LogP contribution in [0.4, 0.5) is 13.2 Å². The summed E-state index contributed by atoms with van der Waals surface area (Å²) >= 11 is 0. The molecule has 0 amide bonds. The van der Waals surface area contributed by atoms with Crippen LogP contribution in [0.1, 0.15) is 13.3 Å². The fraction of sp³-hybridized carbons (Fsp3) is 0.500. The largest absolute Gasteiger partial charge is 0.511 e. The summed E-state index contributed by atoms with van der Waals surface area (Å²) in [5.74, 6) is 0. The van der Waals surface area contributed by atoms with Gasteiger partial charge in [-0.25, -0.2) is 8.42 Å². The van der Waals surface area contributed by atoms with E-state index in [-0.39, 0.29) is 6.42 Å². The molecule has 0 saturated heterocycles. The van der Waals surface area contributed by atoms with Gasteiger partial charge in [-0.15, -0.1) is 0 Å². The summed E-state index contributed by atoms with van der Waals surface area (Å²) in [4.78, 5) is 0. The van der Waals surface area contributed by atoms with Crippen molar-refractivity contribution in [1.82, 2.24) is 4.72 Å². The minimum atomic E-state index is -5.29. The number of sulfonamides is 1. The molecule has 15 heavy (non-hydrogen) atoms. The molecule has 0 spiro atoms. The number of hydrogen-bond acceptors (Lipinski definition) is 2. The van der Waals surface area contributed by atoms with Crippen molar-refractivity contribution in [2.75, 3.05) is 0 Å². The van der Waals surface area contributed by atoms with Gasteiger partial charge in [-0.05, 0) is 13.3 Å². The molecule has 1 N–H and O–H groups in total. The lowest BCUT2D eigenvalue weighted by Crippen LogP contribution is -2.49. The van der Waals surface area contributed by atoms with Crippen LogP contribution in [0.3, 0.4) is 0 Å². The molecule has 0 aromatic heterocycles. The van der Waals surface area contributed by atoms with Crippen LogP contribution in [0.15, 0.2) is 24.3 Å². The number of allylic oxidation sites excluding steroid dienone is 2. The number of hydrogen-bond donors (Lipinski definition) is 1. The molecule has 0 fully saturated rings. The van der Waals surface area contributed by atoms with Crippen LogP contribution >= 0.6 is 0 Å². The first-order chi connectivity index (χ1) is 6.66. The van der Waals surface area contributed by atoms with E-state index in [0.29, 0.717) is 0 Å². The van der Waals surface area contributed by atoms with E-state index in [0.717, 1.165) is 0 Å². The summed E-state index contributed by atoms with van der Waals surface area (Å²) in [6.07, 6.45) is 6.32. The van der Waals surface area contributed by atoms with E-state index in [2.05, 4.69) is 0 Å². The summed E-state index contributed by atoms with van der Waals surface area (Å²) in [5, 5.41) is 0. The number of nitrogens with one attached hydrogen (secondary N) is 1. The van der Waals surface area contributed by atoms with Crippen molar-refractivity contribution in [2.45, 2.75) is 24.4 Å². The predicted molar refractivity (Wildman–Crippen MR) is 49.4 cm³/mol. The molecule has 86 valence electrons. The van der Waals surface area contributed by atoms with Gasteiger partial charge >= 0.3 is 15.5 Å². The Labute approximate surface area is 85.7 Å². The third kappa shape index (κ3) is 2.82. The van der Waals surface area contributed by atoms with E-state index >= 15 is 0 Å². The Bertz CT molecular complexity index is 397. The van der Waals surface area contributed by atoms with Gasteiger partial charge in [0.15, 0.2) is 0 Å². The van der Waals surface area contributed by atoms with Gasteiger partial charge in [0.1, 0.15) is 0 Å². The highest BCUT2D eigenvalue weighted by Crippen LogP contribution is 2.26. The molecule has 1 aliphatic carbocycles. The molecule has 0 saturated carbocycles. The zero-order chi connectivity index (χ0) is 11.7. The third-order valence-corrected chi connectivity index (χ3v) is 3.27. The van der Waals surface area contributed by atoms with Gasteiger partial charge < -0.3 is 0 Å². The van der Waals surface area contributed by atoms with E-state index in [1.165, 1.54) is 19.1 Å². The second-order valence-electron chi connectivity index (χ2n) is 3.46. The highest BCUT2D eigenvalue weighted by Gasteiger charge is 2.48. The molecular weight excluding hydrogens is 231 g/mol. The topological polar surface area (TPSA) is 46.2 Å². The average Bonchev–Trinajstić information content (AvgIpc) is 2.00. The quantitative estimate of drug-likeness (QED) is 0.799. The lowest BCUT2D eigenvalue weighted by molar-refractivity contribution is -0.0453. The van der Waals surface area contributed by atoms with E-state index in [1.807, 2.05) is 0 Å². The first-order valence-electron chi connectivity index (χ1n) is 4.11. The predicted octanol–water partition coefficient (Wildman–Crippen LogP) is 1.70. The fourth-order valence-electron chi connectivity index (χ4n) is 1.17. The summed E-state index contributed by atoms with van der Waals surface area (Å²) in [7, 11) is -5.29. The minimum Gasteiger partial charge on any atom is -0.203 e. The van der Waals surface area contributed by atoms with Gasteiger partial charge in [0.05, 0.1) is 5.54 Å². The van der Waals surface area contributed by atoms with Crippen molar-refractivity contribution in [3.8, 4) is 0 Å². The Hall–Kier alpha value is -0.820. The lowest BCUT2D eigenvalue weighted by atomic mass is 9.95.